The van der Waals surface area contributed by atoms with Crippen LogP contribution in [-0.2, 0) is 11.8 Å². The van der Waals surface area contributed by atoms with Gasteiger partial charge in [0.05, 0.1) is 22.2 Å². The molecule has 134 valence electrons. The second-order valence-corrected chi connectivity index (χ2v) is 7.48. The van der Waals surface area contributed by atoms with Crippen LogP contribution in [0.2, 0.25) is 0 Å². The van der Waals surface area contributed by atoms with Crippen LogP contribution in [0, 0.1) is 0 Å². The van der Waals surface area contributed by atoms with Gasteiger partial charge in [0.15, 0.2) is 5.16 Å². The molecule has 0 fully saturated rings. The van der Waals surface area contributed by atoms with E-state index in [1.54, 1.807) is 13.1 Å². The third kappa shape index (κ3) is 3.80. The average molecular weight is 367 g/mol. The van der Waals surface area contributed by atoms with Crippen molar-refractivity contribution in [2.24, 2.45) is 7.05 Å². The van der Waals surface area contributed by atoms with Crippen LogP contribution < -0.4 is 10.9 Å². The second-order valence-electron chi connectivity index (χ2n) is 6.18. The molecule has 0 aliphatic rings. The quantitative estimate of drug-likeness (QED) is 0.555. The third-order valence-electron chi connectivity index (χ3n) is 4.25. The van der Waals surface area contributed by atoms with E-state index in [2.05, 4.69) is 10.3 Å². The lowest BCUT2D eigenvalue weighted by Crippen LogP contribution is -2.33. The smallest absolute Gasteiger partial charge is 0.261 e. The fraction of sp³-hybridized carbons (Fsp3) is 0.250. The number of para-hydroxylation sites is 1. The molecular formula is C20H21N3O2S. The molecule has 2 aromatic carbocycles. The van der Waals surface area contributed by atoms with Crippen molar-refractivity contribution in [3.8, 4) is 0 Å². The summed E-state index contributed by atoms with van der Waals surface area (Å²) in [6.07, 6.45) is 0. The molecular weight excluding hydrogens is 346 g/mol. The first-order valence-electron chi connectivity index (χ1n) is 8.45. The van der Waals surface area contributed by atoms with E-state index in [-0.39, 0.29) is 22.8 Å². The molecule has 1 amide bonds. The van der Waals surface area contributed by atoms with Crippen molar-refractivity contribution in [2.45, 2.75) is 30.3 Å². The van der Waals surface area contributed by atoms with E-state index in [1.807, 2.05) is 62.4 Å². The van der Waals surface area contributed by atoms with Crippen LogP contribution in [0.1, 0.15) is 25.5 Å². The maximum absolute atomic E-state index is 12.5. The summed E-state index contributed by atoms with van der Waals surface area (Å²) in [6.45, 7) is 3.77. The zero-order valence-corrected chi connectivity index (χ0v) is 15.8. The molecule has 2 atom stereocenters. The van der Waals surface area contributed by atoms with Gasteiger partial charge in [-0.3, -0.25) is 14.2 Å². The highest BCUT2D eigenvalue weighted by atomic mass is 32.2. The number of nitrogens with one attached hydrogen (secondary N) is 1. The number of nitrogens with zero attached hydrogens (tertiary/aromatic N) is 2. The summed E-state index contributed by atoms with van der Waals surface area (Å²) in [5.41, 5.74) is 1.58. The number of benzene rings is 2. The molecule has 1 N–H and O–H groups in total. The highest BCUT2D eigenvalue weighted by Crippen LogP contribution is 2.23. The van der Waals surface area contributed by atoms with Crippen LogP contribution in [0.15, 0.2) is 64.5 Å². The molecule has 3 rings (SSSR count). The Morgan fingerprint density at radius 1 is 1.08 bits per heavy atom. The predicted octanol–water partition coefficient (Wildman–Crippen LogP) is 3.29. The number of carbonyl (C=O) groups is 1. The highest BCUT2D eigenvalue weighted by Gasteiger charge is 2.20. The summed E-state index contributed by atoms with van der Waals surface area (Å²) >= 11 is 1.28. The van der Waals surface area contributed by atoms with Crippen LogP contribution in [0.4, 0.5) is 0 Å². The molecule has 26 heavy (non-hydrogen) atoms. The highest BCUT2D eigenvalue weighted by molar-refractivity contribution is 8.00. The molecule has 6 heteroatoms. The topological polar surface area (TPSA) is 64.0 Å². The van der Waals surface area contributed by atoms with Crippen LogP contribution in [0.5, 0.6) is 0 Å². The Kier molecular flexibility index (Phi) is 5.42. The fourth-order valence-corrected chi connectivity index (χ4v) is 3.55. The standard InChI is InChI=1S/C20H21N3O2S/c1-13(15-9-5-4-6-10-15)21-18(24)14(2)26-20-22-17-12-8-7-11-16(17)19(25)23(20)3/h4-14H,1-3H3,(H,21,24)/t13-,14+/m1/s1. The molecule has 0 saturated carbocycles. The molecule has 0 bridgehead atoms. The molecule has 0 spiro atoms. The summed E-state index contributed by atoms with van der Waals surface area (Å²) < 4.78 is 1.50. The number of fused-ring (bicyclic) bond motifs is 1. The lowest BCUT2D eigenvalue weighted by molar-refractivity contribution is -0.120. The minimum atomic E-state index is -0.375. The van der Waals surface area contributed by atoms with Crippen LogP contribution in [0.3, 0.4) is 0 Å². The largest absolute Gasteiger partial charge is 0.349 e. The van der Waals surface area contributed by atoms with Gasteiger partial charge in [0.1, 0.15) is 0 Å². The third-order valence-corrected chi connectivity index (χ3v) is 5.40. The van der Waals surface area contributed by atoms with Crippen LogP contribution in [-0.4, -0.2) is 20.7 Å². The van der Waals surface area contributed by atoms with E-state index in [4.69, 9.17) is 0 Å². The minimum absolute atomic E-state index is 0.0832. The zero-order chi connectivity index (χ0) is 18.7. The first kappa shape index (κ1) is 18.2. The van der Waals surface area contributed by atoms with Crippen molar-refractivity contribution in [1.29, 1.82) is 0 Å². The van der Waals surface area contributed by atoms with Gasteiger partial charge in [-0.1, -0.05) is 54.2 Å². The van der Waals surface area contributed by atoms with E-state index in [0.29, 0.717) is 16.1 Å². The number of carbonyl (C=O) groups excluding carboxylic acids is 1. The minimum Gasteiger partial charge on any atom is -0.349 e. The van der Waals surface area contributed by atoms with Crippen molar-refractivity contribution < 1.29 is 4.79 Å². The summed E-state index contributed by atoms with van der Waals surface area (Å²) in [5, 5.41) is 3.75. The normalized spacial score (nSPS) is 13.3. The molecule has 0 saturated heterocycles. The van der Waals surface area contributed by atoms with Gasteiger partial charge in [-0.05, 0) is 31.5 Å². The van der Waals surface area contributed by atoms with Crippen molar-refractivity contribution in [3.05, 3.63) is 70.5 Å². The fourth-order valence-electron chi connectivity index (χ4n) is 2.67. The zero-order valence-electron chi connectivity index (χ0n) is 15.0. The number of thioether (sulfide) groups is 1. The Morgan fingerprint density at radius 2 is 1.73 bits per heavy atom. The van der Waals surface area contributed by atoms with Crippen LogP contribution >= 0.6 is 11.8 Å². The van der Waals surface area contributed by atoms with Gasteiger partial charge in [-0.15, -0.1) is 0 Å². The summed E-state index contributed by atoms with van der Waals surface area (Å²) in [4.78, 5) is 29.6. The maximum Gasteiger partial charge on any atom is 0.261 e. The molecule has 0 aliphatic carbocycles. The number of rotatable bonds is 5. The maximum atomic E-state index is 12.5. The molecule has 3 aromatic rings. The van der Waals surface area contributed by atoms with E-state index in [0.717, 1.165) is 5.56 Å². The van der Waals surface area contributed by atoms with Gasteiger partial charge < -0.3 is 5.32 Å². The van der Waals surface area contributed by atoms with Crippen LogP contribution in [0.25, 0.3) is 10.9 Å². The molecule has 0 aliphatic heterocycles. The molecule has 5 nitrogen and oxygen atoms in total. The van der Waals surface area contributed by atoms with Crippen molar-refractivity contribution in [1.82, 2.24) is 14.9 Å². The number of amides is 1. The van der Waals surface area contributed by atoms with Crippen molar-refractivity contribution in [3.63, 3.8) is 0 Å². The van der Waals surface area contributed by atoms with Gasteiger partial charge in [0, 0.05) is 7.05 Å². The first-order chi connectivity index (χ1) is 12.5. The monoisotopic (exact) mass is 367 g/mol. The van der Waals surface area contributed by atoms with E-state index < -0.39 is 0 Å². The Labute approximate surface area is 156 Å². The Morgan fingerprint density at radius 3 is 2.46 bits per heavy atom. The van der Waals surface area contributed by atoms with E-state index >= 15 is 0 Å². The lowest BCUT2D eigenvalue weighted by atomic mass is 10.1. The van der Waals surface area contributed by atoms with Crippen molar-refractivity contribution in [2.75, 3.05) is 0 Å². The number of aromatic nitrogens is 2. The van der Waals surface area contributed by atoms with Gasteiger partial charge in [0.2, 0.25) is 5.91 Å². The Hall–Kier alpha value is -2.60. The Balaban J connectivity index is 1.76. The van der Waals surface area contributed by atoms with E-state index in [9.17, 15) is 9.59 Å². The van der Waals surface area contributed by atoms with Gasteiger partial charge >= 0.3 is 0 Å². The molecule has 0 unspecified atom stereocenters. The van der Waals surface area contributed by atoms with Crippen molar-refractivity contribution >= 4 is 28.6 Å². The summed E-state index contributed by atoms with van der Waals surface area (Å²) in [7, 11) is 1.68. The molecule has 1 aromatic heterocycles. The Bertz CT molecular complexity index is 985. The van der Waals surface area contributed by atoms with E-state index in [1.165, 1.54) is 16.3 Å². The number of hydrogen-bond donors (Lipinski definition) is 1. The second kappa shape index (κ2) is 7.74. The van der Waals surface area contributed by atoms with Gasteiger partial charge in [-0.25, -0.2) is 4.98 Å². The van der Waals surface area contributed by atoms with Gasteiger partial charge in [-0.2, -0.15) is 0 Å². The first-order valence-corrected chi connectivity index (χ1v) is 9.33. The lowest BCUT2D eigenvalue weighted by Gasteiger charge is -2.18. The predicted molar refractivity (Wildman–Crippen MR) is 105 cm³/mol. The molecule has 0 radical (unpaired) electrons. The summed E-state index contributed by atoms with van der Waals surface area (Å²) in [6, 6.07) is 17.0. The van der Waals surface area contributed by atoms with Gasteiger partial charge in [0.25, 0.3) is 5.56 Å². The average Bonchev–Trinajstić information content (AvgIpc) is 2.66. The molecule has 1 heterocycles. The SMILES string of the molecule is C[C@H](Sc1nc2ccccc2c(=O)n1C)C(=O)N[C@H](C)c1ccccc1. The number of hydrogen-bond acceptors (Lipinski definition) is 4. The summed E-state index contributed by atoms with van der Waals surface area (Å²) in [5.74, 6) is -0.0891.